The first-order chi connectivity index (χ1) is 51.6. The Morgan fingerprint density at radius 2 is 0.663 bits per heavy atom. The van der Waals surface area contributed by atoms with Crippen LogP contribution in [0.15, 0.2) is 349 Å². The number of anilines is 7. The van der Waals surface area contributed by atoms with Gasteiger partial charge in [-0.2, -0.15) is 0 Å². The predicted octanol–water partition coefficient (Wildman–Crippen LogP) is 24.3. The summed E-state index contributed by atoms with van der Waals surface area (Å²) in [6.07, 6.45) is 4.99. The minimum atomic E-state index is -0.310. The average Bonchev–Trinajstić information content (AvgIpc) is 0.867. The van der Waals surface area contributed by atoms with Crippen molar-refractivity contribution in [2.45, 2.75) is 37.8 Å². The fourth-order valence-electron chi connectivity index (χ4n) is 19.3. The normalized spacial score (nSPS) is 16.8. The van der Waals surface area contributed by atoms with Crippen molar-refractivity contribution in [3.05, 3.63) is 340 Å². The molecule has 6 heteroatoms. The Hall–Kier alpha value is -12.6. The van der Waals surface area contributed by atoms with Crippen molar-refractivity contribution < 1.29 is 8.83 Å². The highest BCUT2D eigenvalue weighted by atomic mass is 16.3. The molecule has 4 atom stereocenters. The summed E-state index contributed by atoms with van der Waals surface area (Å²) < 4.78 is 14.1. The van der Waals surface area contributed by atoms with E-state index in [0.29, 0.717) is 18.0 Å². The third kappa shape index (κ3) is 9.20. The molecular weight excluding hydrogens is 1260 g/mol. The topological polar surface area (TPSA) is 36.0 Å². The van der Waals surface area contributed by atoms with Gasteiger partial charge < -0.3 is 23.5 Å². The Balaban J connectivity index is 0.918. The van der Waals surface area contributed by atoms with Crippen LogP contribution in [-0.4, -0.2) is 18.8 Å². The molecule has 2 aromatic heterocycles. The van der Waals surface area contributed by atoms with E-state index < -0.39 is 0 Å². The Labute approximate surface area is 604 Å². The van der Waals surface area contributed by atoms with Crippen LogP contribution in [-0.2, 0) is 0 Å². The highest BCUT2D eigenvalue weighted by Gasteiger charge is 2.54. The molecule has 104 heavy (non-hydrogen) atoms. The van der Waals surface area contributed by atoms with Gasteiger partial charge in [-0.05, 0) is 170 Å². The molecule has 0 radical (unpaired) electrons. The van der Waals surface area contributed by atoms with Crippen LogP contribution in [0.25, 0.3) is 133 Å². The van der Waals surface area contributed by atoms with Gasteiger partial charge in [-0.15, -0.1) is 0 Å². The Bertz CT molecular complexity index is 5800. The maximum Gasteiger partial charge on any atom is 0.252 e. The second-order valence-corrected chi connectivity index (χ2v) is 29.3. The molecule has 490 valence electrons. The second-order valence-electron chi connectivity index (χ2n) is 29.3. The SMILES string of the molecule is c1ccc(-c2cc(-c3ccccc3)c(N3c4ccc(-c5cccc6c5oc5ccccc56)cc4B4c5cc(-c6cccc7c6oc6ccccc67)ccc5N(c5c(-c6ccccc6)cc(-c6ccccc6)cc5-c5ccccc5)c5cc(N6C7CC8CC(C7)C6C8)cc3c54)c(-c3ccccc3)c2)cc1. The van der Waals surface area contributed by atoms with Crippen molar-refractivity contribution in [1.82, 2.24) is 0 Å². The van der Waals surface area contributed by atoms with E-state index in [-0.39, 0.29) is 6.71 Å². The van der Waals surface area contributed by atoms with E-state index in [1.165, 1.54) is 70.3 Å². The van der Waals surface area contributed by atoms with Crippen LogP contribution in [0.5, 0.6) is 0 Å². The molecule has 4 fully saturated rings. The lowest BCUT2D eigenvalue weighted by Gasteiger charge is -2.47. The first-order valence-corrected chi connectivity index (χ1v) is 36.9. The number of rotatable bonds is 11. The number of para-hydroxylation sites is 4. The number of piperidine rings is 1. The summed E-state index contributed by atoms with van der Waals surface area (Å²) in [5.41, 5.74) is 33.4. The number of nitrogens with zero attached hydrogens (tertiary/aromatic N) is 3. The predicted molar refractivity (Wildman–Crippen MR) is 434 cm³/mol. The van der Waals surface area contributed by atoms with Crippen molar-refractivity contribution in [2.75, 3.05) is 14.7 Å². The van der Waals surface area contributed by atoms with Crippen LogP contribution in [0.4, 0.5) is 39.8 Å². The lowest BCUT2D eigenvalue weighted by molar-refractivity contribution is 0.340. The van der Waals surface area contributed by atoms with Gasteiger partial charge in [0.2, 0.25) is 0 Å². The summed E-state index contributed by atoms with van der Waals surface area (Å²) in [6, 6.07) is 128. The number of hydrogen-bond donors (Lipinski definition) is 0. The van der Waals surface area contributed by atoms with Gasteiger partial charge in [0.25, 0.3) is 6.71 Å². The molecule has 2 saturated carbocycles. The molecule has 4 bridgehead atoms. The van der Waals surface area contributed by atoms with Gasteiger partial charge in [-0.3, -0.25) is 0 Å². The van der Waals surface area contributed by atoms with Crippen LogP contribution in [0.2, 0.25) is 0 Å². The van der Waals surface area contributed by atoms with E-state index in [9.17, 15) is 0 Å². The second kappa shape index (κ2) is 23.5. The molecule has 17 aromatic rings. The highest BCUT2D eigenvalue weighted by Crippen LogP contribution is 2.59. The van der Waals surface area contributed by atoms with E-state index in [0.717, 1.165) is 150 Å². The lowest BCUT2D eigenvalue weighted by atomic mass is 9.33. The van der Waals surface area contributed by atoms with Crippen LogP contribution in [0.1, 0.15) is 25.7 Å². The van der Waals surface area contributed by atoms with Crippen LogP contribution < -0.4 is 31.1 Å². The van der Waals surface area contributed by atoms with Gasteiger partial charge in [-0.1, -0.05) is 279 Å². The van der Waals surface area contributed by atoms with Crippen molar-refractivity contribution in [2.24, 2.45) is 11.8 Å². The highest BCUT2D eigenvalue weighted by molar-refractivity contribution is 7.00. The summed E-state index contributed by atoms with van der Waals surface area (Å²) in [6.45, 7) is -0.310. The lowest BCUT2D eigenvalue weighted by Crippen LogP contribution is -2.61. The molecule has 2 aliphatic carbocycles. The van der Waals surface area contributed by atoms with Crippen LogP contribution >= 0.6 is 0 Å². The summed E-state index contributed by atoms with van der Waals surface area (Å²) in [5, 5.41) is 4.42. The summed E-state index contributed by atoms with van der Waals surface area (Å²) in [7, 11) is 0. The molecule has 4 aliphatic heterocycles. The summed E-state index contributed by atoms with van der Waals surface area (Å²) in [5.74, 6) is 1.43. The number of furan rings is 2. The smallest absolute Gasteiger partial charge is 0.252 e. The average molecular weight is 1330 g/mol. The van der Waals surface area contributed by atoms with Crippen molar-refractivity contribution in [3.8, 4) is 89.0 Å². The third-order valence-corrected chi connectivity index (χ3v) is 23.7. The van der Waals surface area contributed by atoms with Crippen molar-refractivity contribution in [3.63, 3.8) is 0 Å². The quantitative estimate of drug-likeness (QED) is 0.121. The Kier molecular flexibility index (Phi) is 13.3. The van der Waals surface area contributed by atoms with E-state index >= 15 is 0 Å². The zero-order valence-corrected chi connectivity index (χ0v) is 57.2. The maximum absolute atomic E-state index is 7.04. The number of fused-ring (bicyclic) bond motifs is 10. The van der Waals surface area contributed by atoms with Crippen molar-refractivity contribution >= 4 is 107 Å². The van der Waals surface area contributed by atoms with Crippen LogP contribution in [0.3, 0.4) is 0 Å². The Morgan fingerprint density at radius 1 is 0.279 bits per heavy atom. The van der Waals surface area contributed by atoms with Gasteiger partial charge in [0.15, 0.2) is 0 Å². The van der Waals surface area contributed by atoms with Gasteiger partial charge in [0, 0.05) is 95.4 Å². The standard InChI is InChI=1S/C98H68BN3O2/c1-7-25-62(26-8-1)70-53-81(64-29-11-3-12-30-64)95(82(54-70)65-31-13-4-14-32-65)101-87-47-45-68(75-39-23-41-79-77-37-19-21-43-92(77)103-97(75)79)57-85(87)99-86-58-69(76-40-24-42-80-78-38-20-22-44-93(78)104-98(76)80)46-48-88(86)102(91-60-74(59-90(101)94(91)99)100-73-50-61-49-72(52-73)89(100)51-61)96-83(66-33-15-5-16-34-66)55-71(63-27-9-2-10-28-63)56-84(96)67-35-17-6-18-36-67/h1-48,53-61,72-73,89H,49-52H2. The maximum atomic E-state index is 7.04. The molecular formula is C98H68BN3O2. The molecule has 23 rings (SSSR count). The zero-order valence-electron chi connectivity index (χ0n) is 57.2. The molecule has 5 nitrogen and oxygen atoms in total. The number of benzene rings is 15. The third-order valence-electron chi connectivity index (χ3n) is 23.7. The fourth-order valence-corrected chi connectivity index (χ4v) is 19.3. The van der Waals surface area contributed by atoms with Crippen LogP contribution in [0, 0.1) is 11.8 Å². The van der Waals surface area contributed by atoms with Gasteiger partial charge in [0.1, 0.15) is 22.3 Å². The minimum Gasteiger partial charge on any atom is -0.455 e. The summed E-state index contributed by atoms with van der Waals surface area (Å²) >= 11 is 0. The first kappa shape index (κ1) is 59.1. The Morgan fingerprint density at radius 3 is 1.08 bits per heavy atom. The van der Waals surface area contributed by atoms with E-state index in [4.69, 9.17) is 8.83 Å². The van der Waals surface area contributed by atoms with Gasteiger partial charge in [-0.25, -0.2) is 0 Å². The van der Waals surface area contributed by atoms with Gasteiger partial charge in [0.05, 0.1) is 11.4 Å². The van der Waals surface area contributed by atoms with Gasteiger partial charge >= 0.3 is 0 Å². The van der Waals surface area contributed by atoms with E-state index in [2.05, 4.69) is 354 Å². The van der Waals surface area contributed by atoms with Crippen molar-refractivity contribution in [1.29, 1.82) is 0 Å². The molecule has 6 heterocycles. The van der Waals surface area contributed by atoms with E-state index in [1.807, 2.05) is 0 Å². The fraction of sp³-hybridized carbons (Fsp3) is 0.0816. The largest absolute Gasteiger partial charge is 0.455 e. The number of hydrogen-bond acceptors (Lipinski definition) is 5. The summed E-state index contributed by atoms with van der Waals surface area (Å²) in [4.78, 5) is 8.41. The van der Waals surface area contributed by atoms with E-state index in [1.54, 1.807) is 0 Å². The first-order valence-electron chi connectivity index (χ1n) is 36.9. The molecule has 0 spiro atoms. The molecule has 6 aliphatic rings. The molecule has 4 unspecified atom stereocenters. The minimum absolute atomic E-state index is 0.310. The molecule has 0 amide bonds. The monoisotopic (exact) mass is 1330 g/mol. The zero-order chi connectivity index (χ0) is 68.1. The molecule has 15 aromatic carbocycles. The molecule has 0 N–H and O–H groups in total. The molecule has 2 saturated heterocycles.